The van der Waals surface area contributed by atoms with Gasteiger partial charge in [0.05, 0.1) is 6.10 Å². The van der Waals surface area contributed by atoms with Gasteiger partial charge in [0.1, 0.15) is 6.33 Å². The Kier molecular flexibility index (Phi) is 5.03. The molecule has 3 atom stereocenters. The summed E-state index contributed by atoms with van der Waals surface area (Å²) in [5, 5.41) is 10.3. The maximum absolute atomic E-state index is 12.6. The lowest BCUT2D eigenvalue weighted by Crippen LogP contribution is -2.45. The fraction of sp³-hybridized carbons (Fsp3) is 0.706. The molecule has 1 saturated heterocycles. The highest BCUT2D eigenvalue weighted by atomic mass is 16.3. The SMILES string of the molecule is O=C(CCc1ccncn1)N1CCC[C@@H]1[C@@H]1CCCC[C@@H]1O. The van der Waals surface area contributed by atoms with Crippen LogP contribution in [0.2, 0.25) is 0 Å². The summed E-state index contributed by atoms with van der Waals surface area (Å²) in [7, 11) is 0. The van der Waals surface area contributed by atoms with Crippen LogP contribution in [0.4, 0.5) is 0 Å². The lowest BCUT2D eigenvalue weighted by molar-refractivity contribution is -0.134. The highest BCUT2D eigenvalue weighted by molar-refractivity contribution is 5.77. The number of nitrogens with zero attached hydrogens (tertiary/aromatic N) is 3. The van der Waals surface area contributed by atoms with Gasteiger partial charge in [0.25, 0.3) is 0 Å². The number of aliphatic hydroxyl groups excluding tert-OH is 1. The van der Waals surface area contributed by atoms with E-state index in [1.807, 2.05) is 11.0 Å². The minimum absolute atomic E-state index is 0.207. The highest BCUT2D eigenvalue weighted by Crippen LogP contribution is 2.34. The van der Waals surface area contributed by atoms with E-state index in [4.69, 9.17) is 0 Å². The van der Waals surface area contributed by atoms with Crippen LogP contribution in [0.3, 0.4) is 0 Å². The van der Waals surface area contributed by atoms with Crippen molar-refractivity contribution in [3.8, 4) is 0 Å². The summed E-state index contributed by atoms with van der Waals surface area (Å²) in [6, 6.07) is 2.10. The average molecular weight is 303 g/mol. The van der Waals surface area contributed by atoms with Crippen LogP contribution in [-0.2, 0) is 11.2 Å². The van der Waals surface area contributed by atoms with Gasteiger partial charge in [0, 0.05) is 36.8 Å². The lowest BCUT2D eigenvalue weighted by atomic mass is 9.80. The Labute approximate surface area is 131 Å². The first kappa shape index (κ1) is 15.4. The number of rotatable bonds is 4. The molecule has 1 aliphatic heterocycles. The molecule has 120 valence electrons. The third kappa shape index (κ3) is 3.46. The van der Waals surface area contributed by atoms with Gasteiger partial charge in [-0.2, -0.15) is 0 Å². The zero-order valence-electron chi connectivity index (χ0n) is 13.0. The Morgan fingerprint density at radius 2 is 2.14 bits per heavy atom. The second-order valence-corrected chi connectivity index (χ2v) is 6.51. The summed E-state index contributed by atoms with van der Waals surface area (Å²) in [5.74, 6) is 0.484. The minimum Gasteiger partial charge on any atom is -0.393 e. The summed E-state index contributed by atoms with van der Waals surface area (Å²) in [6.45, 7) is 0.844. The molecule has 5 heteroatoms. The monoisotopic (exact) mass is 303 g/mol. The standard InChI is InChI=1S/C17H25N3O2/c21-16-6-2-1-4-14(16)15-5-3-11-20(15)17(22)8-7-13-9-10-18-12-19-13/h9-10,12,14-16,21H,1-8,11H2/t14-,15+,16-/m0/s1. The highest BCUT2D eigenvalue weighted by Gasteiger charge is 2.38. The van der Waals surface area contributed by atoms with Crippen LogP contribution in [0.1, 0.15) is 50.6 Å². The van der Waals surface area contributed by atoms with Crippen molar-refractivity contribution in [1.82, 2.24) is 14.9 Å². The topological polar surface area (TPSA) is 66.3 Å². The fourth-order valence-corrected chi connectivity index (χ4v) is 3.98. The van der Waals surface area contributed by atoms with E-state index in [0.717, 1.165) is 44.3 Å². The van der Waals surface area contributed by atoms with Gasteiger partial charge < -0.3 is 10.0 Å². The van der Waals surface area contributed by atoms with Crippen molar-refractivity contribution in [2.75, 3.05) is 6.54 Å². The number of aryl methyl sites for hydroxylation is 1. The molecular weight excluding hydrogens is 278 g/mol. The number of aliphatic hydroxyl groups is 1. The molecule has 2 aliphatic rings. The first-order valence-corrected chi connectivity index (χ1v) is 8.48. The largest absolute Gasteiger partial charge is 0.393 e. The average Bonchev–Trinajstić information content (AvgIpc) is 3.03. The van der Waals surface area contributed by atoms with Crippen LogP contribution in [0, 0.1) is 5.92 Å². The molecule has 0 unspecified atom stereocenters. The Hall–Kier alpha value is -1.49. The molecule has 1 aliphatic carbocycles. The second-order valence-electron chi connectivity index (χ2n) is 6.51. The molecule has 2 heterocycles. The summed E-state index contributed by atoms with van der Waals surface area (Å²) in [5.41, 5.74) is 0.914. The molecule has 0 radical (unpaired) electrons. The first-order valence-electron chi connectivity index (χ1n) is 8.48. The van der Waals surface area contributed by atoms with E-state index in [9.17, 15) is 9.90 Å². The molecule has 0 spiro atoms. The Morgan fingerprint density at radius 1 is 1.27 bits per heavy atom. The summed E-state index contributed by atoms with van der Waals surface area (Å²) >= 11 is 0. The van der Waals surface area contributed by atoms with Crippen molar-refractivity contribution in [2.45, 2.75) is 63.5 Å². The summed E-state index contributed by atoms with van der Waals surface area (Å²) in [4.78, 5) is 22.7. The van der Waals surface area contributed by atoms with Crippen molar-refractivity contribution in [3.05, 3.63) is 24.3 Å². The van der Waals surface area contributed by atoms with Crippen LogP contribution in [0.5, 0.6) is 0 Å². The second kappa shape index (κ2) is 7.18. The summed E-state index contributed by atoms with van der Waals surface area (Å²) in [6.07, 6.45) is 10.5. The van der Waals surface area contributed by atoms with Gasteiger partial charge in [-0.3, -0.25) is 4.79 Å². The van der Waals surface area contributed by atoms with E-state index in [1.165, 1.54) is 12.7 Å². The lowest BCUT2D eigenvalue weighted by Gasteiger charge is -2.37. The predicted molar refractivity (Wildman–Crippen MR) is 83.1 cm³/mol. The smallest absolute Gasteiger partial charge is 0.223 e. The fourth-order valence-electron chi connectivity index (χ4n) is 3.98. The zero-order chi connectivity index (χ0) is 15.4. The molecule has 1 aromatic rings. The van der Waals surface area contributed by atoms with E-state index < -0.39 is 0 Å². The van der Waals surface area contributed by atoms with Gasteiger partial charge in [-0.25, -0.2) is 9.97 Å². The van der Waals surface area contributed by atoms with Crippen LogP contribution in [-0.4, -0.2) is 44.6 Å². The molecule has 1 saturated carbocycles. The van der Waals surface area contributed by atoms with Crippen LogP contribution < -0.4 is 0 Å². The van der Waals surface area contributed by atoms with Crippen LogP contribution in [0.25, 0.3) is 0 Å². The molecule has 2 fully saturated rings. The molecule has 1 N–H and O–H groups in total. The Morgan fingerprint density at radius 3 is 2.91 bits per heavy atom. The normalized spacial score (nSPS) is 28.8. The minimum atomic E-state index is -0.228. The van der Waals surface area contributed by atoms with Crippen molar-refractivity contribution in [1.29, 1.82) is 0 Å². The van der Waals surface area contributed by atoms with E-state index in [-0.39, 0.29) is 24.0 Å². The number of hydrogen-bond donors (Lipinski definition) is 1. The van der Waals surface area contributed by atoms with Gasteiger partial charge >= 0.3 is 0 Å². The molecule has 0 aromatic carbocycles. The molecular formula is C17H25N3O2. The van der Waals surface area contributed by atoms with Crippen molar-refractivity contribution in [2.24, 2.45) is 5.92 Å². The number of likely N-dealkylation sites (tertiary alicyclic amines) is 1. The van der Waals surface area contributed by atoms with Crippen molar-refractivity contribution < 1.29 is 9.90 Å². The third-order valence-corrected chi connectivity index (χ3v) is 5.13. The quantitative estimate of drug-likeness (QED) is 0.923. The number of carbonyl (C=O) groups is 1. The van der Waals surface area contributed by atoms with Crippen molar-refractivity contribution >= 4 is 5.91 Å². The maximum atomic E-state index is 12.6. The van der Waals surface area contributed by atoms with Gasteiger partial charge in [0.2, 0.25) is 5.91 Å². The number of amides is 1. The predicted octanol–water partition coefficient (Wildman–Crippen LogP) is 1.95. The molecule has 1 amide bonds. The zero-order valence-corrected chi connectivity index (χ0v) is 13.0. The third-order valence-electron chi connectivity index (χ3n) is 5.13. The van der Waals surface area contributed by atoms with Gasteiger partial charge in [-0.15, -0.1) is 0 Å². The molecule has 3 rings (SSSR count). The Balaban J connectivity index is 1.58. The van der Waals surface area contributed by atoms with Crippen molar-refractivity contribution in [3.63, 3.8) is 0 Å². The first-order chi connectivity index (χ1) is 10.8. The van der Waals surface area contributed by atoms with Crippen LogP contribution in [0.15, 0.2) is 18.6 Å². The van der Waals surface area contributed by atoms with Gasteiger partial charge in [0.15, 0.2) is 0 Å². The van der Waals surface area contributed by atoms with Gasteiger partial charge in [-0.05, 0) is 38.2 Å². The molecule has 5 nitrogen and oxygen atoms in total. The summed E-state index contributed by atoms with van der Waals surface area (Å²) < 4.78 is 0. The molecule has 1 aromatic heterocycles. The Bertz CT molecular complexity index is 494. The molecule has 22 heavy (non-hydrogen) atoms. The van der Waals surface area contributed by atoms with E-state index >= 15 is 0 Å². The number of hydrogen-bond acceptors (Lipinski definition) is 4. The number of aromatic nitrogens is 2. The van der Waals surface area contributed by atoms with E-state index in [1.54, 1.807) is 6.20 Å². The maximum Gasteiger partial charge on any atom is 0.223 e. The number of carbonyl (C=O) groups excluding carboxylic acids is 1. The molecule has 0 bridgehead atoms. The van der Waals surface area contributed by atoms with E-state index in [2.05, 4.69) is 9.97 Å². The van der Waals surface area contributed by atoms with Crippen LogP contribution >= 0.6 is 0 Å². The van der Waals surface area contributed by atoms with E-state index in [0.29, 0.717) is 12.8 Å². The van der Waals surface area contributed by atoms with Gasteiger partial charge in [-0.1, -0.05) is 12.8 Å².